The van der Waals surface area contributed by atoms with Gasteiger partial charge in [-0.05, 0) is 42.3 Å². The molecule has 1 atom stereocenters. The SMILES string of the molecule is CCNC(=O)C(Cc1ccccc1)N(Cc1cccc(Cl)c1)C(=O)CN(c1cc(OC)ccc1OC)S(C)(=O)=O. The molecule has 0 bridgehead atoms. The number of likely N-dealkylation sites (N-methyl/N-ethyl adjacent to an activating group) is 1. The Balaban J connectivity index is 2.09. The quantitative estimate of drug-likeness (QED) is 0.325. The highest BCUT2D eigenvalue weighted by atomic mass is 35.5. The smallest absolute Gasteiger partial charge is 0.244 e. The van der Waals surface area contributed by atoms with Crippen molar-refractivity contribution < 1.29 is 27.5 Å². The Labute approximate surface area is 240 Å². The van der Waals surface area contributed by atoms with Gasteiger partial charge in [-0.2, -0.15) is 0 Å². The van der Waals surface area contributed by atoms with Crippen LogP contribution < -0.4 is 19.1 Å². The number of carbonyl (C=O) groups is 2. The van der Waals surface area contributed by atoms with Gasteiger partial charge in [0, 0.05) is 30.6 Å². The maximum absolute atomic E-state index is 14.1. The van der Waals surface area contributed by atoms with E-state index in [9.17, 15) is 18.0 Å². The molecule has 1 unspecified atom stereocenters. The molecule has 0 saturated carbocycles. The van der Waals surface area contributed by atoms with Crippen LogP contribution in [-0.2, 0) is 32.6 Å². The van der Waals surface area contributed by atoms with Crippen LogP contribution in [0.25, 0.3) is 0 Å². The molecule has 0 aliphatic rings. The lowest BCUT2D eigenvalue weighted by atomic mass is 10.0. The monoisotopic (exact) mass is 587 g/mol. The van der Waals surface area contributed by atoms with E-state index >= 15 is 0 Å². The highest BCUT2D eigenvalue weighted by Gasteiger charge is 2.33. The fraction of sp³-hybridized carbons (Fsp3) is 0.310. The van der Waals surface area contributed by atoms with Crippen LogP contribution in [0.1, 0.15) is 18.1 Å². The summed E-state index contributed by atoms with van der Waals surface area (Å²) in [4.78, 5) is 28.9. The molecular weight excluding hydrogens is 554 g/mol. The summed E-state index contributed by atoms with van der Waals surface area (Å²) >= 11 is 6.22. The van der Waals surface area contributed by atoms with Gasteiger partial charge in [-0.15, -0.1) is 0 Å². The summed E-state index contributed by atoms with van der Waals surface area (Å²) in [5, 5.41) is 3.29. The Kier molecular flexibility index (Phi) is 10.8. The Morgan fingerprint density at radius 1 is 0.950 bits per heavy atom. The van der Waals surface area contributed by atoms with E-state index in [0.29, 0.717) is 22.9 Å². The minimum atomic E-state index is -3.97. The summed E-state index contributed by atoms with van der Waals surface area (Å²) in [5.74, 6) is -0.309. The van der Waals surface area contributed by atoms with Crippen molar-refractivity contribution in [2.75, 3.05) is 37.9 Å². The number of nitrogens with zero attached hydrogens (tertiary/aromatic N) is 2. The second-order valence-electron chi connectivity index (χ2n) is 9.06. The fourth-order valence-electron chi connectivity index (χ4n) is 4.26. The molecule has 3 rings (SSSR count). The molecular formula is C29H34ClN3O6S. The van der Waals surface area contributed by atoms with E-state index in [2.05, 4.69) is 5.32 Å². The fourth-order valence-corrected chi connectivity index (χ4v) is 5.32. The Hall–Kier alpha value is -3.76. The molecule has 3 aromatic carbocycles. The van der Waals surface area contributed by atoms with E-state index in [0.717, 1.165) is 16.1 Å². The van der Waals surface area contributed by atoms with Gasteiger partial charge in [-0.3, -0.25) is 13.9 Å². The number of nitrogens with one attached hydrogen (secondary N) is 1. The van der Waals surface area contributed by atoms with Gasteiger partial charge in [-0.25, -0.2) is 8.42 Å². The number of methoxy groups -OCH3 is 2. The maximum Gasteiger partial charge on any atom is 0.244 e. The summed E-state index contributed by atoms with van der Waals surface area (Å²) in [7, 11) is -1.11. The summed E-state index contributed by atoms with van der Waals surface area (Å²) < 4.78 is 37.7. The van der Waals surface area contributed by atoms with Gasteiger partial charge in [0.25, 0.3) is 0 Å². The topological polar surface area (TPSA) is 105 Å². The van der Waals surface area contributed by atoms with E-state index in [1.165, 1.54) is 25.2 Å². The van der Waals surface area contributed by atoms with Gasteiger partial charge in [0.05, 0.1) is 26.2 Å². The third kappa shape index (κ3) is 8.12. The molecule has 9 nitrogen and oxygen atoms in total. The van der Waals surface area contributed by atoms with Crippen LogP contribution in [0.5, 0.6) is 11.5 Å². The van der Waals surface area contributed by atoms with Crippen molar-refractivity contribution >= 4 is 39.1 Å². The number of carbonyl (C=O) groups excluding carboxylic acids is 2. The standard InChI is InChI=1S/C29H34ClN3O6S/c1-5-31-29(35)26(17-21-10-7-6-8-11-21)32(19-22-12-9-13-23(30)16-22)28(34)20-33(40(4,36)37)25-18-24(38-2)14-15-27(25)39-3/h6-16,18,26H,5,17,19-20H2,1-4H3,(H,31,35). The zero-order valence-corrected chi connectivity index (χ0v) is 24.5. The molecule has 0 fully saturated rings. The summed E-state index contributed by atoms with van der Waals surface area (Å²) in [6, 6.07) is 20.0. The van der Waals surface area contributed by atoms with E-state index in [1.54, 1.807) is 43.3 Å². The zero-order chi connectivity index (χ0) is 29.3. The number of ether oxygens (including phenoxy) is 2. The van der Waals surface area contributed by atoms with Gasteiger partial charge in [0.2, 0.25) is 21.8 Å². The van der Waals surface area contributed by atoms with Gasteiger partial charge >= 0.3 is 0 Å². The molecule has 0 aliphatic carbocycles. The number of halogens is 1. The predicted molar refractivity (Wildman–Crippen MR) is 156 cm³/mol. The first-order valence-electron chi connectivity index (χ1n) is 12.6. The van der Waals surface area contributed by atoms with Gasteiger partial charge in [-0.1, -0.05) is 54.1 Å². The highest BCUT2D eigenvalue weighted by Crippen LogP contribution is 2.34. The molecule has 3 aromatic rings. The molecule has 0 saturated heterocycles. The summed E-state index contributed by atoms with van der Waals surface area (Å²) in [5.41, 5.74) is 1.67. The Bertz CT molecular complexity index is 1420. The molecule has 11 heteroatoms. The van der Waals surface area contributed by atoms with Crippen LogP contribution in [0.15, 0.2) is 72.8 Å². The van der Waals surface area contributed by atoms with Gasteiger partial charge in [0.15, 0.2) is 0 Å². The predicted octanol–water partition coefficient (Wildman–Crippen LogP) is 3.90. The Morgan fingerprint density at radius 3 is 2.25 bits per heavy atom. The maximum atomic E-state index is 14.1. The number of amides is 2. The average Bonchev–Trinajstić information content (AvgIpc) is 2.93. The molecule has 0 aliphatic heterocycles. The van der Waals surface area contributed by atoms with Crippen LogP contribution in [0.3, 0.4) is 0 Å². The van der Waals surface area contributed by atoms with Gasteiger partial charge < -0.3 is 19.7 Å². The van der Waals surface area contributed by atoms with Gasteiger partial charge in [0.1, 0.15) is 24.1 Å². The minimum Gasteiger partial charge on any atom is -0.497 e. The van der Waals surface area contributed by atoms with E-state index in [-0.39, 0.29) is 30.3 Å². The molecule has 40 heavy (non-hydrogen) atoms. The molecule has 0 aromatic heterocycles. The first kappa shape index (κ1) is 30.8. The van der Waals surface area contributed by atoms with Crippen molar-refractivity contribution in [2.45, 2.75) is 25.9 Å². The van der Waals surface area contributed by atoms with E-state index < -0.39 is 28.5 Å². The van der Waals surface area contributed by atoms with Crippen molar-refractivity contribution in [1.29, 1.82) is 0 Å². The lowest BCUT2D eigenvalue weighted by Crippen LogP contribution is -2.53. The van der Waals surface area contributed by atoms with Crippen LogP contribution in [0.2, 0.25) is 5.02 Å². The molecule has 0 radical (unpaired) electrons. The number of anilines is 1. The molecule has 214 valence electrons. The van der Waals surface area contributed by atoms with Crippen LogP contribution in [0.4, 0.5) is 5.69 Å². The first-order valence-corrected chi connectivity index (χ1v) is 14.8. The summed E-state index contributed by atoms with van der Waals surface area (Å²) in [6.45, 7) is 1.61. The third-order valence-electron chi connectivity index (χ3n) is 6.20. The number of sulfonamides is 1. The van der Waals surface area contributed by atoms with Crippen LogP contribution in [0, 0.1) is 0 Å². The lowest BCUT2D eigenvalue weighted by Gasteiger charge is -2.33. The molecule has 1 N–H and O–H groups in total. The summed E-state index contributed by atoms with van der Waals surface area (Å²) in [6.07, 6.45) is 1.23. The minimum absolute atomic E-state index is 0.0286. The Morgan fingerprint density at radius 2 is 1.65 bits per heavy atom. The van der Waals surface area contributed by atoms with Crippen LogP contribution in [-0.4, -0.2) is 64.7 Å². The lowest BCUT2D eigenvalue weighted by molar-refractivity contribution is -0.140. The average molecular weight is 588 g/mol. The highest BCUT2D eigenvalue weighted by molar-refractivity contribution is 7.92. The van der Waals surface area contributed by atoms with Crippen LogP contribution >= 0.6 is 11.6 Å². The number of rotatable bonds is 13. The number of benzene rings is 3. The number of hydrogen-bond donors (Lipinski definition) is 1. The van der Waals surface area contributed by atoms with E-state index in [4.69, 9.17) is 21.1 Å². The first-order chi connectivity index (χ1) is 19.1. The van der Waals surface area contributed by atoms with Crippen molar-refractivity contribution in [3.63, 3.8) is 0 Å². The van der Waals surface area contributed by atoms with Crippen molar-refractivity contribution in [3.8, 4) is 11.5 Å². The van der Waals surface area contributed by atoms with Crippen molar-refractivity contribution in [2.24, 2.45) is 0 Å². The third-order valence-corrected chi connectivity index (χ3v) is 7.56. The molecule has 0 heterocycles. The van der Waals surface area contributed by atoms with E-state index in [1.807, 2.05) is 30.3 Å². The molecule has 0 spiro atoms. The zero-order valence-electron chi connectivity index (χ0n) is 23.0. The second kappa shape index (κ2) is 14.0. The van der Waals surface area contributed by atoms with Crippen molar-refractivity contribution in [3.05, 3.63) is 88.9 Å². The number of hydrogen-bond acceptors (Lipinski definition) is 6. The largest absolute Gasteiger partial charge is 0.497 e. The molecule has 2 amide bonds. The second-order valence-corrected chi connectivity index (χ2v) is 11.4. The normalized spacial score (nSPS) is 11.8. The van der Waals surface area contributed by atoms with Crippen molar-refractivity contribution in [1.82, 2.24) is 10.2 Å².